The predicted octanol–water partition coefficient (Wildman–Crippen LogP) is 1.75. The Morgan fingerprint density at radius 2 is 1.89 bits per heavy atom. The fourth-order valence-electron chi connectivity index (χ4n) is 2.42. The normalized spacial score (nSPS) is 16.8. The number of hydrogen-bond acceptors (Lipinski definition) is 3. The molecule has 4 nitrogen and oxygen atoms in total. The van der Waals surface area contributed by atoms with Gasteiger partial charge in [-0.1, -0.05) is 19.9 Å². The zero-order chi connectivity index (χ0) is 14.0. The zero-order valence-electron chi connectivity index (χ0n) is 11.5. The summed E-state index contributed by atoms with van der Waals surface area (Å²) in [6, 6.07) is 5.70. The van der Waals surface area contributed by atoms with Crippen molar-refractivity contribution < 1.29 is 18.9 Å². The lowest BCUT2D eigenvalue weighted by Crippen LogP contribution is -2.46. The minimum absolute atomic E-state index is 0.214. The number of carbonyl (C=O) groups is 2. The Morgan fingerprint density at radius 1 is 1.26 bits per heavy atom. The van der Waals surface area contributed by atoms with Gasteiger partial charge in [0.15, 0.2) is 18.1 Å². The van der Waals surface area contributed by atoms with Gasteiger partial charge in [0.1, 0.15) is 0 Å². The standard InChI is InChI=1S/C15H18NO3/c1-4-19-14(18)13(17)12-11(10-15(12,2)3)16-8-6-5-7-9-16/h5-9H,4,10H2,1-3H3/q+1. The smallest absolute Gasteiger partial charge is 0.379 e. The average molecular weight is 260 g/mol. The molecular weight excluding hydrogens is 242 g/mol. The third-order valence-electron chi connectivity index (χ3n) is 3.29. The van der Waals surface area contributed by atoms with E-state index in [1.165, 1.54) is 0 Å². The minimum atomic E-state index is -0.765. The lowest BCUT2D eigenvalue weighted by atomic mass is 9.67. The van der Waals surface area contributed by atoms with Crippen LogP contribution in [0.4, 0.5) is 0 Å². The van der Waals surface area contributed by atoms with Crippen molar-refractivity contribution in [1.82, 2.24) is 0 Å². The second-order valence-corrected chi connectivity index (χ2v) is 5.21. The van der Waals surface area contributed by atoms with Crippen LogP contribution in [-0.2, 0) is 14.3 Å². The lowest BCUT2D eigenvalue weighted by molar-refractivity contribution is -0.587. The van der Waals surface area contributed by atoms with E-state index in [1.807, 2.05) is 49.0 Å². The number of aromatic nitrogens is 1. The van der Waals surface area contributed by atoms with Crippen molar-refractivity contribution in [3.8, 4) is 0 Å². The van der Waals surface area contributed by atoms with Crippen molar-refractivity contribution in [3.63, 3.8) is 0 Å². The number of pyridine rings is 1. The van der Waals surface area contributed by atoms with Gasteiger partial charge < -0.3 is 4.74 Å². The molecule has 1 aliphatic rings. The van der Waals surface area contributed by atoms with E-state index in [0.29, 0.717) is 5.57 Å². The van der Waals surface area contributed by atoms with Gasteiger partial charge in [-0.2, -0.15) is 4.57 Å². The van der Waals surface area contributed by atoms with Crippen molar-refractivity contribution in [1.29, 1.82) is 0 Å². The number of carbonyl (C=O) groups excluding carboxylic acids is 2. The van der Waals surface area contributed by atoms with Crippen molar-refractivity contribution in [2.24, 2.45) is 5.41 Å². The molecule has 2 rings (SSSR count). The SMILES string of the molecule is CCOC(=O)C(=O)C1=C([n+]2ccccc2)CC1(C)C. The number of hydrogen-bond donors (Lipinski definition) is 0. The summed E-state index contributed by atoms with van der Waals surface area (Å²) < 4.78 is 6.69. The third-order valence-corrected chi connectivity index (χ3v) is 3.29. The van der Waals surface area contributed by atoms with Crippen LogP contribution in [0.15, 0.2) is 36.2 Å². The van der Waals surface area contributed by atoms with E-state index < -0.39 is 11.8 Å². The molecule has 1 aromatic rings. The quantitative estimate of drug-likeness (QED) is 0.471. The second-order valence-electron chi connectivity index (χ2n) is 5.21. The third kappa shape index (κ3) is 2.43. The number of Topliss-reactive ketones (excluding diaryl/α,β-unsaturated/α-hetero) is 1. The van der Waals surface area contributed by atoms with E-state index in [0.717, 1.165) is 12.1 Å². The molecule has 0 aliphatic heterocycles. The van der Waals surface area contributed by atoms with E-state index in [-0.39, 0.29) is 12.0 Å². The summed E-state index contributed by atoms with van der Waals surface area (Å²) in [6.45, 7) is 5.84. The van der Waals surface area contributed by atoms with Gasteiger partial charge in [0.2, 0.25) is 0 Å². The second kappa shape index (κ2) is 4.96. The van der Waals surface area contributed by atoms with Crippen LogP contribution in [0.1, 0.15) is 27.2 Å². The van der Waals surface area contributed by atoms with Gasteiger partial charge in [0, 0.05) is 24.0 Å². The van der Waals surface area contributed by atoms with Crippen LogP contribution in [0.3, 0.4) is 0 Å². The molecule has 0 saturated heterocycles. The first-order valence-corrected chi connectivity index (χ1v) is 6.39. The molecule has 0 aromatic carbocycles. The van der Waals surface area contributed by atoms with Gasteiger partial charge in [0.05, 0.1) is 12.2 Å². The highest BCUT2D eigenvalue weighted by molar-refractivity contribution is 6.42. The maximum atomic E-state index is 12.2. The zero-order valence-corrected chi connectivity index (χ0v) is 11.5. The van der Waals surface area contributed by atoms with Crippen LogP contribution in [0.2, 0.25) is 0 Å². The van der Waals surface area contributed by atoms with Gasteiger partial charge in [0.25, 0.3) is 5.78 Å². The highest BCUT2D eigenvalue weighted by atomic mass is 16.5. The predicted molar refractivity (Wildman–Crippen MR) is 69.9 cm³/mol. The molecule has 1 heterocycles. The maximum Gasteiger partial charge on any atom is 0.379 e. The molecule has 100 valence electrons. The fraction of sp³-hybridized carbons (Fsp3) is 0.400. The van der Waals surface area contributed by atoms with Gasteiger partial charge in [-0.25, -0.2) is 4.79 Å². The van der Waals surface area contributed by atoms with E-state index in [9.17, 15) is 9.59 Å². The van der Waals surface area contributed by atoms with Crippen molar-refractivity contribution >= 4 is 17.4 Å². The summed E-state index contributed by atoms with van der Waals surface area (Å²) in [5, 5.41) is 0. The van der Waals surface area contributed by atoms with Gasteiger partial charge in [-0.15, -0.1) is 0 Å². The summed E-state index contributed by atoms with van der Waals surface area (Å²) in [5.74, 6) is -1.29. The molecule has 0 N–H and O–H groups in total. The Morgan fingerprint density at radius 3 is 2.42 bits per heavy atom. The number of allylic oxidation sites excluding steroid dienone is 1. The number of rotatable bonds is 4. The summed E-state index contributed by atoms with van der Waals surface area (Å²) in [4.78, 5) is 23.8. The van der Waals surface area contributed by atoms with Crippen LogP contribution < -0.4 is 4.57 Å². The Kier molecular flexibility index (Phi) is 3.51. The topological polar surface area (TPSA) is 47.3 Å². The first-order chi connectivity index (χ1) is 8.97. The Balaban J connectivity index is 2.38. The molecule has 1 aromatic heterocycles. The molecule has 19 heavy (non-hydrogen) atoms. The highest BCUT2D eigenvalue weighted by Crippen LogP contribution is 2.46. The van der Waals surface area contributed by atoms with E-state index >= 15 is 0 Å². The van der Waals surface area contributed by atoms with E-state index in [1.54, 1.807) is 6.92 Å². The van der Waals surface area contributed by atoms with Gasteiger partial charge in [-0.05, 0) is 6.92 Å². The van der Waals surface area contributed by atoms with Crippen LogP contribution in [-0.4, -0.2) is 18.4 Å². The molecule has 1 aliphatic carbocycles. The number of nitrogens with zero attached hydrogens (tertiary/aromatic N) is 1. The van der Waals surface area contributed by atoms with Crippen molar-refractivity contribution in [3.05, 3.63) is 36.2 Å². The molecule has 0 amide bonds. The number of esters is 1. The molecule has 0 spiro atoms. The summed E-state index contributed by atoms with van der Waals surface area (Å²) in [7, 11) is 0. The largest absolute Gasteiger partial charge is 0.460 e. The lowest BCUT2D eigenvalue weighted by Gasteiger charge is -2.34. The Bertz CT molecular complexity index is 544. The molecule has 0 radical (unpaired) electrons. The van der Waals surface area contributed by atoms with Gasteiger partial charge >= 0.3 is 5.97 Å². The molecular formula is C15H18NO3+. The first kappa shape index (κ1) is 13.5. The molecule has 0 fully saturated rings. The Hall–Kier alpha value is -1.97. The van der Waals surface area contributed by atoms with Crippen LogP contribution in [0.25, 0.3) is 5.70 Å². The summed E-state index contributed by atoms with van der Waals surface area (Å²) >= 11 is 0. The van der Waals surface area contributed by atoms with Crippen molar-refractivity contribution in [2.75, 3.05) is 6.61 Å². The molecule has 0 unspecified atom stereocenters. The Labute approximate surface area is 112 Å². The average Bonchev–Trinajstić information content (AvgIpc) is 2.37. The van der Waals surface area contributed by atoms with E-state index in [4.69, 9.17) is 4.74 Å². The van der Waals surface area contributed by atoms with Crippen molar-refractivity contribution in [2.45, 2.75) is 27.2 Å². The number of ether oxygens (including phenoxy) is 1. The molecule has 0 bridgehead atoms. The van der Waals surface area contributed by atoms with Crippen LogP contribution >= 0.6 is 0 Å². The molecule has 0 atom stereocenters. The highest BCUT2D eigenvalue weighted by Gasteiger charge is 2.48. The van der Waals surface area contributed by atoms with E-state index in [2.05, 4.69) is 0 Å². The number of ketones is 1. The first-order valence-electron chi connectivity index (χ1n) is 6.39. The van der Waals surface area contributed by atoms with Crippen LogP contribution in [0, 0.1) is 5.41 Å². The molecule has 0 saturated carbocycles. The maximum absolute atomic E-state index is 12.2. The fourth-order valence-corrected chi connectivity index (χ4v) is 2.42. The summed E-state index contributed by atoms with van der Waals surface area (Å²) in [6.07, 6.45) is 4.52. The molecule has 4 heteroatoms. The van der Waals surface area contributed by atoms with Crippen LogP contribution in [0.5, 0.6) is 0 Å². The summed E-state index contributed by atoms with van der Waals surface area (Å²) in [5.41, 5.74) is 1.16. The van der Waals surface area contributed by atoms with Gasteiger partial charge in [-0.3, -0.25) is 4.79 Å². The minimum Gasteiger partial charge on any atom is -0.460 e. The monoisotopic (exact) mass is 260 g/mol.